The number of ether oxygens (including phenoxy) is 1. The molecule has 0 saturated carbocycles. The van der Waals surface area contributed by atoms with Gasteiger partial charge < -0.3 is 15.0 Å². The molecule has 2 aromatic carbocycles. The maximum atomic E-state index is 13.4. The quantitative estimate of drug-likeness (QED) is 0.664. The molecule has 0 spiro atoms. The van der Waals surface area contributed by atoms with E-state index in [0.29, 0.717) is 31.1 Å². The molecule has 0 bridgehead atoms. The fourth-order valence-electron chi connectivity index (χ4n) is 2.88. The van der Waals surface area contributed by atoms with Gasteiger partial charge in [0, 0.05) is 18.8 Å². The second-order valence-corrected chi connectivity index (χ2v) is 6.62. The number of amides is 2. The monoisotopic (exact) mass is 401 g/mol. The van der Waals surface area contributed by atoms with Crippen LogP contribution >= 0.6 is 0 Å². The molecule has 0 unspecified atom stereocenters. The lowest BCUT2D eigenvalue weighted by Crippen LogP contribution is -2.42. The summed E-state index contributed by atoms with van der Waals surface area (Å²) in [6.45, 7) is 5.40. The molecule has 2 amide bonds. The molecular formula is C22H28FN3O3. The Balaban J connectivity index is 1.90. The van der Waals surface area contributed by atoms with Crippen molar-refractivity contribution in [1.82, 2.24) is 9.80 Å². The van der Waals surface area contributed by atoms with Gasteiger partial charge in [-0.2, -0.15) is 0 Å². The molecule has 0 aliphatic carbocycles. The molecule has 6 nitrogen and oxygen atoms in total. The van der Waals surface area contributed by atoms with Crippen molar-refractivity contribution in [3.8, 4) is 5.75 Å². The molecule has 0 aromatic heterocycles. The Kier molecular flexibility index (Phi) is 8.61. The zero-order valence-corrected chi connectivity index (χ0v) is 17.2. The van der Waals surface area contributed by atoms with Gasteiger partial charge in [0.05, 0.1) is 20.2 Å². The Labute approximate surface area is 171 Å². The molecule has 0 atom stereocenters. The first-order valence-corrected chi connectivity index (χ1v) is 9.63. The first kappa shape index (κ1) is 22.4. The number of anilines is 1. The Morgan fingerprint density at radius 1 is 1.03 bits per heavy atom. The highest BCUT2D eigenvalue weighted by molar-refractivity contribution is 5.92. The molecule has 1 N–H and O–H groups in total. The van der Waals surface area contributed by atoms with Crippen LogP contribution in [0.5, 0.6) is 5.75 Å². The fraction of sp³-hybridized carbons (Fsp3) is 0.364. The van der Waals surface area contributed by atoms with E-state index in [9.17, 15) is 14.0 Å². The number of benzene rings is 2. The Hall–Kier alpha value is -2.93. The van der Waals surface area contributed by atoms with Gasteiger partial charge in [-0.1, -0.05) is 19.1 Å². The van der Waals surface area contributed by atoms with E-state index < -0.39 is 0 Å². The number of nitrogens with one attached hydrogen (secondary N) is 1. The van der Waals surface area contributed by atoms with Crippen LogP contribution in [0.2, 0.25) is 0 Å². The van der Waals surface area contributed by atoms with Crippen LogP contribution in [0, 0.1) is 5.82 Å². The van der Waals surface area contributed by atoms with Crippen LogP contribution in [0.1, 0.15) is 19.4 Å². The maximum absolute atomic E-state index is 13.4. The lowest BCUT2D eigenvalue weighted by atomic mass is 10.2. The molecule has 7 heteroatoms. The Morgan fingerprint density at radius 2 is 1.76 bits per heavy atom. The topological polar surface area (TPSA) is 61.9 Å². The van der Waals surface area contributed by atoms with Crippen molar-refractivity contribution < 1.29 is 18.7 Å². The lowest BCUT2D eigenvalue weighted by Gasteiger charge is -2.25. The second-order valence-electron chi connectivity index (χ2n) is 6.62. The third-order valence-corrected chi connectivity index (χ3v) is 4.54. The van der Waals surface area contributed by atoms with E-state index >= 15 is 0 Å². The summed E-state index contributed by atoms with van der Waals surface area (Å²) in [6, 6.07) is 13.3. The number of hydrogen-bond donors (Lipinski definition) is 1. The van der Waals surface area contributed by atoms with Gasteiger partial charge in [0.1, 0.15) is 11.6 Å². The van der Waals surface area contributed by atoms with Crippen LogP contribution in [0.25, 0.3) is 0 Å². The summed E-state index contributed by atoms with van der Waals surface area (Å²) in [5, 5.41) is 2.82. The predicted octanol–water partition coefficient (Wildman–Crippen LogP) is 3.14. The number of methoxy groups -OCH3 is 1. The number of carbonyl (C=O) groups is 2. The van der Waals surface area contributed by atoms with Gasteiger partial charge in [-0.15, -0.1) is 0 Å². The molecule has 2 aromatic rings. The van der Waals surface area contributed by atoms with Crippen LogP contribution in [0.15, 0.2) is 48.5 Å². The number of rotatable bonds is 10. The fourth-order valence-corrected chi connectivity index (χ4v) is 2.88. The maximum Gasteiger partial charge on any atom is 0.238 e. The smallest absolute Gasteiger partial charge is 0.238 e. The molecule has 0 heterocycles. The molecular weight excluding hydrogens is 373 g/mol. The molecule has 29 heavy (non-hydrogen) atoms. The molecule has 0 saturated heterocycles. The third kappa shape index (κ3) is 7.19. The van der Waals surface area contributed by atoms with Gasteiger partial charge in [0.25, 0.3) is 0 Å². The van der Waals surface area contributed by atoms with E-state index in [1.54, 1.807) is 53.3 Å². The number of carbonyl (C=O) groups excluding carboxylic acids is 2. The van der Waals surface area contributed by atoms with Gasteiger partial charge >= 0.3 is 0 Å². The lowest BCUT2D eigenvalue weighted by molar-refractivity contribution is -0.133. The van der Waals surface area contributed by atoms with E-state index in [1.807, 2.05) is 13.8 Å². The van der Waals surface area contributed by atoms with Crippen molar-refractivity contribution >= 4 is 17.5 Å². The highest BCUT2D eigenvalue weighted by Crippen LogP contribution is 2.15. The summed E-state index contributed by atoms with van der Waals surface area (Å²) in [6.07, 6.45) is 0. The van der Waals surface area contributed by atoms with Crippen molar-refractivity contribution in [3.05, 3.63) is 59.9 Å². The Bertz CT molecular complexity index is 811. The summed E-state index contributed by atoms with van der Waals surface area (Å²) in [5.74, 6) is 0.0898. The average Bonchev–Trinajstić information content (AvgIpc) is 2.72. The van der Waals surface area contributed by atoms with Gasteiger partial charge in [-0.25, -0.2) is 4.39 Å². The van der Waals surface area contributed by atoms with E-state index in [-0.39, 0.29) is 30.7 Å². The summed E-state index contributed by atoms with van der Waals surface area (Å²) in [4.78, 5) is 28.4. The van der Waals surface area contributed by atoms with Crippen LogP contribution in [-0.2, 0) is 16.1 Å². The van der Waals surface area contributed by atoms with Crippen molar-refractivity contribution in [1.29, 1.82) is 0 Å². The van der Waals surface area contributed by atoms with Crippen molar-refractivity contribution in [2.24, 2.45) is 0 Å². The highest BCUT2D eigenvalue weighted by atomic mass is 19.1. The van der Waals surface area contributed by atoms with Crippen LogP contribution in [0.4, 0.5) is 10.1 Å². The zero-order valence-electron chi connectivity index (χ0n) is 17.2. The SMILES string of the molecule is CCN(CC(=O)Nc1ccc(OC)cc1)CC(=O)N(CC)Cc1cccc(F)c1. The van der Waals surface area contributed by atoms with E-state index in [2.05, 4.69) is 5.32 Å². The average molecular weight is 401 g/mol. The van der Waals surface area contributed by atoms with Gasteiger partial charge in [0.2, 0.25) is 11.8 Å². The summed E-state index contributed by atoms with van der Waals surface area (Å²) < 4.78 is 18.5. The minimum absolute atomic E-state index is 0.101. The van der Waals surface area contributed by atoms with Crippen LogP contribution in [-0.4, -0.2) is 54.9 Å². The molecule has 156 valence electrons. The van der Waals surface area contributed by atoms with Crippen molar-refractivity contribution in [3.63, 3.8) is 0 Å². The molecule has 0 aliphatic heterocycles. The summed E-state index contributed by atoms with van der Waals surface area (Å²) in [7, 11) is 1.58. The van der Waals surface area contributed by atoms with Gasteiger partial charge in [-0.05, 0) is 55.4 Å². The zero-order chi connectivity index (χ0) is 21.2. The number of likely N-dealkylation sites (N-methyl/N-ethyl adjacent to an activating group) is 2. The van der Waals surface area contributed by atoms with Gasteiger partial charge in [-0.3, -0.25) is 14.5 Å². The Morgan fingerprint density at radius 3 is 2.34 bits per heavy atom. The number of halogens is 1. The molecule has 0 radical (unpaired) electrons. The third-order valence-electron chi connectivity index (χ3n) is 4.54. The number of hydrogen-bond acceptors (Lipinski definition) is 4. The molecule has 0 aliphatic rings. The van der Waals surface area contributed by atoms with Crippen LogP contribution in [0.3, 0.4) is 0 Å². The van der Waals surface area contributed by atoms with Crippen molar-refractivity contribution in [2.75, 3.05) is 38.6 Å². The minimum Gasteiger partial charge on any atom is -0.497 e. The highest BCUT2D eigenvalue weighted by Gasteiger charge is 2.18. The predicted molar refractivity (Wildman–Crippen MR) is 111 cm³/mol. The van der Waals surface area contributed by atoms with Crippen LogP contribution < -0.4 is 10.1 Å². The first-order chi connectivity index (χ1) is 13.9. The summed E-state index contributed by atoms with van der Waals surface area (Å²) in [5.41, 5.74) is 1.40. The molecule has 2 rings (SSSR count). The largest absolute Gasteiger partial charge is 0.497 e. The van der Waals surface area contributed by atoms with E-state index in [4.69, 9.17) is 4.74 Å². The van der Waals surface area contributed by atoms with E-state index in [1.165, 1.54) is 12.1 Å². The number of nitrogens with zero attached hydrogens (tertiary/aromatic N) is 2. The minimum atomic E-state index is -0.323. The standard InChI is InChI=1S/C22H28FN3O3/c1-4-25(15-21(27)24-19-9-11-20(29-3)12-10-19)16-22(28)26(5-2)14-17-7-6-8-18(23)13-17/h6-13H,4-5,14-16H2,1-3H3,(H,24,27). The molecule has 0 fully saturated rings. The normalized spacial score (nSPS) is 10.7. The second kappa shape index (κ2) is 11.2. The van der Waals surface area contributed by atoms with Gasteiger partial charge in [0.15, 0.2) is 0 Å². The summed E-state index contributed by atoms with van der Waals surface area (Å²) >= 11 is 0. The first-order valence-electron chi connectivity index (χ1n) is 9.63. The van der Waals surface area contributed by atoms with E-state index in [0.717, 1.165) is 5.56 Å². The van der Waals surface area contributed by atoms with Crippen molar-refractivity contribution in [2.45, 2.75) is 20.4 Å².